The summed E-state index contributed by atoms with van der Waals surface area (Å²) in [4.78, 5) is 41.9. The maximum absolute atomic E-state index is 13.9. The minimum atomic E-state index is -1.50. The van der Waals surface area contributed by atoms with Crippen molar-refractivity contribution in [3.05, 3.63) is 68.1 Å². The number of H-pyrrole nitrogens is 1. The number of nitrogens with one attached hydrogen (secondary N) is 2. The lowest BCUT2D eigenvalue weighted by atomic mass is 9.98. The van der Waals surface area contributed by atoms with Gasteiger partial charge < -0.3 is 25.0 Å². The number of carboxylic acids is 1. The van der Waals surface area contributed by atoms with Crippen LogP contribution in [0.15, 0.2) is 24.3 Å². The van der Waals surface area contributed by atoms with Gasteiger partial charge in [0.2, 0.25) is 0 Å². The Bertz CT molecular complexity index is 1790. The maximum Gasteiger partial charge on any atom is 0.394 e. The van der Waals surface area contributed by atoms with E-state index >= 15 is 0 Å². The molecule has 1 saturated heterocycles. The van der Waals surface area contributed by atoms with Crippen LogP contribution in [0.2, 0.25) is 10.0 Å². The van der Waals surface area contributed by atoms with Gasteiger partial charge in [-0.15, -0.1) is 0 Å². The molecule has 1 atom stereocenters. The lowest BCUT2D eigenvalue weighted by Gasteiger charge is -2.32. The number of halogens is 2. The van der Waals surface area contributed by atoms with Gasteiger partial charge >= 0.3 is 11.9 Å². The predicted octanol–water partition coefficient (Wildman–Crippen LogP) is 5.93. The van der Waals surface area contributed by atoms with E-state index in [0.29, 0.717) is 49.6 Å². The highest BCUT2D eigenvalue weighted by Gasteiger charge is 2.30. The molecule has 2 aromatic carbocycles. The number of hydrogen-bond donors (Lipinski definition) is 3. The number of carboxylic acid groups (broad SMARTS) is 1. The Balaban J connectivity index is 1.47. The third kappa shape index (κ3) is 6.53. The quantitative estimate of drug-likeness (QED) is 0.160. The Hall–Kier alpha value is -4.02. The zero-order valence-electron chi connectivity index (χ0n) is 26.0. The second kappa shape index (κ2) is 13.1. The fraction of sp³-hybridized carbons (Fsp3) is 0.394. The average molecular weight is 655 g/mol. The number of benzene rings is 2. The monoisotopic (exact) mass is 653 g/mol. The van der Waals surface area contributed by atoms with Gasteiger partial charge in [0.1, 0.15) is 11.4 Å². The number of likely N-dealkylation sites (tertiary alicyclic amines) is 1. The molecule has 2 aromatic heterocycles. The molecule has 45 heavy (non-hydrogen) atoms. The molecule has 4 aromatic rings. The number of carbonyl (C=O) groups is 3. The highest BCUT2D eigenvalue weighted by Crippen LogP contribution is 2.40. The molecule has 2 amide bonds. The molecule has 0 saturated carbocycles. The van der Waals surface area contributed by atoms with E-state index in [1.54, 1.807) is 0 Å². The van der Waals surface area contributed by atoms with Gasteiger partial charge in [-0.25, -0.2) is 4.79 Å². The van der Waals surface area contributed by atoms with Gasteiger partial charge in [-0.05, 0) is 88.3 Å². The molecule has 0 aliphatic carbocycles. The van der Waals surface area contributed by atoms with Gasteiger partial charge in [-0.3, -0.25) is 14.3 Å². The number of fused-ring (bicyclic) bond motifs is 1. The average Bonchev–Trinajstić information content (AvgIpc) is 3.49. The van der Waals surface area contributed by atoms with E-state index in [0.717, 1.165) is 60.9 Å². The normalized spacial score (nSPS) is 15.0. The Labute approximate surface area is 271 Å². The molecule has 238 valence electrons. The van der Waals surface area contributed by atoms with Gasteiger partial charge in [-0.1, -0.05) is 29.3 Å². The number of nitrogens with zero attached hydrogens (tertiary/aromatic N) is 3. The van der Waals surface area contributed by atoms with Crippen molar-refractivity contribution in [3.8, 4) is 16.9 Å². The molecule has 10 nitrogen and oxygen atoms in total. The largest absolute Gasteiger partial charge is 0.494 e. The summed E-state index contributed by atoms with van der Waals surface area (Å²) >= 11 is 13.1. The van der Waals surface area contributed by atoms with Crippen LogP contribution in [0.4, 0.5) is 0 Å². The summed E-state index contributed by atoms with van der Waals surface area (Å²) in [7, 11) is 1.88. The SMILES string of the molecule is Cc1cc(OCCCc2c(C(=O)N[C@@H]3CCCN(C(=O)C(=O)O)C3)[nH]c3c(-c4c(C)nn(C)c4C)c(Cl)ccc23)cc(C)c1Cl. The number of aliphatic carboxylic acids is 1. The lowest BCUT2D eigenvalue weighted by molar-refractivity contribution is -0.156. The lowest BCUT2D eigenvalue weighted by Crippen LogP contribution is -2.51. The van der Waals surface area contributed by atoms with Crippen molar-refractivity contribution in [2.45, 2.75) is 59.4 Å². The van der Waals surface area contributed by atoms with Crippen molar-refractivity contribution < 1.29 is 24.2 Å². The van der Waals surface area contributed by atoms with Crippen molar-refractivity contribution in [2.24, 2.45) is 7.05 Å². The van der Waals surface area contributed by atoms with Gasteiger partial charge in [0.25, 0.3) is 5.91 Å². The van der Waals surface area contributed by atoms with Crippen LogP contribution < -0.4 is 10.1 Å². The molecular formula is C33H37Cl2N5O5. The molecule has 3 N–H and O–H groups in total. The second-order valence-corrected chi connectivity index (χ2v) is 12.5. The Kier molecular flexibility index (Phi) is 9.46. The fourth-order valence-corrected chi connectivity index (χ4v) is 6.59. The summed E-state index contributed by atoms with van der Waals surface area (Å²) in [5.41, 5.74) is 7.27. The number of amides is 2. The van der Waals surface area contributed by atoms with Crippen LogP contribution in [0.1, 0.15) is 57.8 Å². The highest BCUT2D eigenvalue weighted by atomic mass is 35.5. The Morgan fingerprint density at radius 2 is 1.82 bits per heavy atom. The van der Waals surface area contributed by atoms with Crippen molar-refractivity contribution in [2.75, 3.05) is 19.7 Å². The molecule has 0 spiro atoms. The number of aromatic nitrogens is 3. The topological polar surface area (TPSA) is 130 Å². The van der Waals surface area contributed by atoms with Crippen molar-refractivity contribution >= 4 is 51.9 Å². The number of aromatic amines is 1. The van der Waals surface area contributed by atoms with Crippen LogP contribution in [0.25, 0.3) is 22.0 Å². The summed E-state index contributed by atoms with van der Waals surface area (Å²) < 4.78 is 7.88. The number of piperidine rings is 1. The first-order chi connectivity index (χ1) is 21.4. The summed E-state index contributed by atoms with van der Waals surface area (Å²) in [6.07, 6.45) is 2.38. The Morgan fingerprint density at radius 3 is 2.47 bits per heavy atom. The Morgan fingerprint density at radius 1 is 1.11 bits per heavy atom. The van der Waals surface area contributed by atoms with E-state index in [2.05, 4.69) is 15.4 Å². The van der Waals surface area contributed by atoms with Gasteiger partial charge in [-0.2, -0.15) is 5.10 Å². The fourth-order valence-electron chi connectivity index (χ4n) is 6.23. The molecule has 0 unspecified atom stereocenters. The third-order valence-corrected chi connectivity index (χ3v) is 9.41. The summed E-state index contributed by atoms with van der Waals surface area (Å²) in [5.74, 6) is -2.06. The number of carbonyl (C=O) groups excluding carboxylic acids is 2. The number of rotatable bonds is 8. The van der Waals surface area contributed by atoms with Crippen molar-refractivity contribution in [3.63, 3.8) is 0 Å². The number of aryl methyl sites for hydroxylation is 5. The van der Waals surface area contributed by atoms with Crippen molar-refractivity contribution in [1.29, 1.82) is 0 Å². The first-order valence-corrected chi connectivity index (χ1v) is 15.7. The summed E-state index contributed by atoms with van der Waals surface area (Å²) in [6, 6.07) is 7.20. The number of hydrogen-bond acceptors (Lipinski definition) is 5. The van der Waals surface area contributed by atoms with E-state index in [1.807, 2.05) is 63.7 Å². The zero-order chi connectivity index (χ0) is 32.6. The van der Waals surface area contributed by atoms with E-state index in [-0.39, 0.29) is 18.5 Å². The van der Waals surface area contributed by atoms with Gasteiger partial charge in [0.15, 0.2) is 0 Å². The van der Waals surface area contributed by atoms with Crippen LogP contribution in [-0.4, -0.2) is 68.3 Å². The summed E-state index contributed by atoms with van der Waals surface area (Å²) in [6.45, 7) is 8.68. The molecule has 1 fully saturated rings. The van der Waals surface area contributed by atoms with E-state index < -0.39 is 11.9 Å². The van der Waals surface area contributed by atoms with E-state index in [9.17, 15) is 19.5 Å². The van der Waals surface area contributed by atoms with Crippen LogP contribution in [-0.2, 0) is 23.1 Å². The minimum absolute atomic E-state index is 0.130. The molecule has 0 bridgehead atoms. The van der Waals surface area contributed by atoms with Crippen LogP contribution in [0, 0.1) is 27.7 Å². The van der Waals surface area contributed by atoms with E-state index in [4.69, 9.17) is 27.9 Å². The molecule has 0 radical (unpaired) electrons. The maximum atomic E-state index is 13.9. The smallest absolute Gasteiger partial charge is 0.394 e. The summed E-state index contributed by atoms with van der Waals surface area (Å²) in [5, 5.41) is 18.9. The first kappa shape index (κ1) is 32.4. The number of ether oxygens (including phenoxy) is 1. The van der Waals surface area contributed by atoms with Crippen LogP contribution >= 0.6 is 23.2 Å². The molecule has 1 aliphatic heterocycles. The minimum Gasteiger partial charge on any atom is -0.494 e. The zero-order valence-corrected chi connectivity index (χ0v) is 27.5. The standard InChI is InChI=1S/C33H37Cl2N5O5/c1-17-14-22(15-18(2)28(17)35)45-13-7-9-23-24-10-11-25(34)27(26-19(3)38-39(5)20(26)4)29(24)37-30(23)31(41)36-21-8-6-12-40(16-21)32(42)33(43)44/h10-11,14-15,21,37H,6-9,12-13,16H2,1-5H3,(H,36,41)(H,43,44)/t21-/m1/s1. The molecule has 1 aliphatic rings. The van der Waals surface area contributed by atoms with Crippen LogP contribution in [0.5, 0.6) is 5.75 Å². The molecule has 12 heteroatoms. The van der Waals surface area contributed by atoms with E-state index in [1.165, 1.54) is 4.90 Å². The van der Waals surface area contributed by atoms with Crippen molar-refractivity contribution in [1.82, 2.24) is 25.0 Å². The highest BCUT2D eigenvalue weighted by molar-refractivity contribution is 6.35. The second-order valence-electron chi connectivity index (χ2n) is 11.7. The molecule has 3 heterocycles. The predicted molar refractivity (Wildman–Crippen MR) is 174 cm³/mol. The molecular weight excluding hydrogens is 617 g/mol. The first-order valence-electron chi connectivity index (χ1n) is 14.9. The third-order valence-electron chi connectivity index (χ3n) is 8.49. The van der Waals surface area contributed by atoms with Gasteiger partial charge in [0, 0.05) is 53.4 Å². The molecule has 5 rings (SSSR count). The van der Waals surface area contributed by atoms with Crippen LogP contribution in [0.3, 0.4) is 0 Å². The van der Waals surface area contributed by atoms with Gasteiger partial charge in [0.05, 0.1) is 22.8 Å².